The molecule has 7 heteroatoms. The zero-order valence-corrected chi connectivity index (χ0v) is 18.2. The normalized spacial score (nSPS) is 20.5. The highest BCUT2D eigenvalue weighted by atomic mass is 19.1. The molecule has 0 spiro atoms. The molecule has 0 bridgehead atoms. The average Bonchev–Trinajstić information content (AvgIpc) is 3.29. The quantitative estimate of drug-likeness (QED) is 0.625. The predicted octanol–water partition coefficient (Wildman–Crippen LogP) is 4.14. The fourth-order valence-corrected chi connectivity index (χ4v) is 5.09. The second-order valence-corrected chi connectivity index (χ2v) is 8.51. The third-order valence-electron chi connectivity index (χ3n) is 6.56. The lowest BCUT2D eigenvalue weighted by molar-refractivity contribution is 0.0416. The van der Waals surface area contributed by atoms with E-state index in [1.54, 1.807) is 21.7 Å². The van der Waals surface area contributed by atoms with Crippen LogP contribution in [0.4, 0.5) is 4.39 Å². The molecule has 3 heterocycles. The number of aryl methyl sites for hydroxylation is 1. The van der Waals surface area contributed by atoms with Crippen LogP contribution >= 0.6 is 0 Å². The molecule has 0 saturated carbocycles. The number of rotatable bonds is 3. The number of fused-ring (bicyclic) bond motifs is 1. The van der Waals surface area contributed by atoms with Gasteiger partial charge in [-0.2, -0.15) is 5.10 Å². The molecule has 0 radical (unpaired) electrons. The van der Waals surface area contributed by atoms with Crippen molar-refractivity contribution in [2.75, 3.05) is 13.1 Å². The average molecular weight is 432 g/mol. The molecule has 0 N–H and O–H groups in total. The van der Waals surface area contributed by atoms with Crippen LogP contribution in [0.2, 0.25) is 0 Å². The summed E-state index contributed by atoms with van der Waals surface area (Å²) in [5.41, 5.74) is 3.30. The Labute approximate surface area is 186 Å². The van der Waals surface area contributed by atoms with E-state index in [0.717, 1.165) is 29.8 Å². The number of amides is 2. The predicted molar refractivity (Wildman–Crippen MR) is 118 cm³/mol. The van der Waals surface area contributed by atoms with Crippen molar-refractivity contribution in [3.63, 3.8) is 0 Å². The van der Waals surface area contributed by atoms with Gasteiger partial charge in [0.2, 0.25) is 0 Å². The number of nitrogens with zero attached hydrogens (tertiary/aromatic N) is 4. The van der Waals surface area contributed by atoms with Crippen LogP contribution in [0.1, 0.15) is 57.9 Å². The summed E-state index contributed by atoms with van der Waals surface area (Å²) in [6.07, 6.45) is 1.57. The summed E-state index contributed by atoms with van der Waals surface area (Å²) >= 11 is 0. The summed E-state index contributed by atoms with van der Waals surface area (Å²) in [5, 5.41) is 4.64. The van der Waals surface area contributed by atoms with E-state index in [0.29, 0.717) is 18.8 Å². The van der Waals surface area contributed by atoms with Crippen LogP contribution < -0.4 is 0 Å². The smallest absolute Gasteiger partial charge is 0.273 e. The summed E-state index contributed by atoms with van der Waals surface area (Å²) < 4.78 is 15.9. The minimum atomic E-state index is -0.517. The standard InChI is InChI=1S/C25H25FN4O2/c1-16-22-17(2)29(25(32)23(22)30(27-16)18-9-4-3-5-10-18)19-11-8-14-28(15-19)24(31)20-12-6-7-13-21(20)26/h3-7,9-10,12-13,17,19H,8,11,14-15H2,1-2H3. The number of benzene rings is 2. The first-order chi connectivity index (χ1) is 15.5. The van der Waals surface area contributed by atoms with Gasteiger partial charge >= 0.3 is 0 Å². The molecular weight excluding hydrogens is 407 g/mol. The van der Waals surface area contributed by atoms with Crippen molar-refractivity contribution < 1.29 is 14.0 Å². The molecule has 2 aromatic carbocycles. The van der Waals surface area contributed by atoms with Crippen LogP contribution in [-0.4, -0.2) is 50.5 Å². The fraction of sp³-hybridized carbons (Fsp3) is 0.320. The molecule has 1 aromatic heterocycles. The Hall–Kier alpha value is -3.48. The van der Waals surface area contributed by atoms with Crippen molar-refractivity contribution in [2.45, 2.75) is 38.8 Å². The van der Waals surface area contributed by atoms with Crippen LogP contribution in [0.5, 0.6) is 0 Å². The van der Waals surface area contributed by atoms with E-state index in [1.807, 2.05) is 49.1 Å². The molecular formula is C25H25FN4O2. The Morgan fingerprint density at radius 3 is 2.56 bits per heavy atom. The Balaban J connectivity index is 1.43. The molecule has 0 aliphatic carbocycles. The SMILES string of the molecule is Cc1nn(-c2ccccc2)c2c1C(C)N(C1CCCN(C(=O)c3ccccc3F)C1)C2=O. The third kappa shape index (κ3) is 3.20. The number of hydrogen-bond donors (Lipinski definition) is 0. The second kappa shape index (κ2) is 7.89. The van der Waals surface area contributed by atoms with Crippen molar-refractivity contribution in [1.82, 2.24) is 19.6 Å². The summed E-state index contributed by atoms with van der Waals surface area (Å²) in [6, 6.07) is 15.4. The summed E-state index contributed by atoms with van der Waals surface area (Å²) in [5.74, 6) is -0.908. The molecule has 1 fully saturated rings. The van der Waals surface area contributed by atoms with Gasteiger partial charge in [0.05, 0.1) is 29.0 Å². The van der Waals surface area contributed by atoms with E-state index in [2.05, 4.69) is 5.10 Å². The number of likely N-dealkylation sites (tertiary alicyclic amines) is 1. The van der Waals surface area contributed by atoms with Crippen LogP contribution in [-0.2, 0) is 0 Å². The van der Waals surface area contributed by atoms with Gasteiger partial charge in [-0.15, -0.1) is 0 Å². The second-order valence-electron chi connectivity index (χ2n) is 8.51. The van der Waals surface area contributed by atoms with Gasteiger partial charge in [0.25, 0.3) is 11.8 Å². The number of para-hydroxylation sites is 1. The maximum Gasteiger partial charge on any atom is 0.273 e. The first-order valence-electron chi connectivity index (χ1n) is 11.0. The molecule has 32 heavy (non-hydrogen) atoms. The van der Waals surface area contributed by atoms with Gasteiger partial charge in [-0.25, -0.2) is 9.07 Å². The summed E-state index contributed by atoms with van der Waals surface area (Å²) in [6.45, 7) is 4.90. The third-order valence-corrected chi connectivity index (χ3v) is 6.56. The molecule has 164 valence electrons. The van der Waals surface area contributed by atoms with E-state index in [-0.39, 0.29) is 29.5 Å². The monoisotopic (exact) mass is 432 g/mol. The van der Waals surface area contributed by atoms with E-state index in [9.17, 15) is 14.0 Å². The number of carbonyl (C=O) groups excluding carboxylic acids is 2. The molecule has 2 unspecified atom stereocenters. The Bertz CT molecular complexity index is 1190. The number of piperidine rings is 1. The highest BCUT2D eigenvalue weighted by molar-refractivity contribution is 5.99. The minimum absolute atomic E-state index is 0.0675. The summed E-state index contributed by atoms with van der Waals surface area (Å²) in [7, 11) is 0. The van der Waals surface area contributed by atoms with Crippen LogP contribution in [0, 0.1) is 12.7 Å². The van der Waals surface area contributed by atoms with E-state index < -0.39 is 5.82 Å². The van der Waals surface area contributed by atoms with E-state index >= 15 is 0 Å². The molecule has 2 aliphatic rings. The molecule has 2 amide bonds. The lowest BCUT2D eigenvalue weighted by Crippen LogP contribution is -2.51. The molecule has 2 atom stereocenters. The Morgan fingerprint density at radius 2 is 1.81 bits per heavy atom. The molecule has 1 saturated heterocycles. The maximum absolute atomic E-state index is 14.2. The van der Waals surface area contributed by atoms with Gasteiger partial charge in [0.15, 0.2) is 0 Å². The van der Waals surface area contributed by atoms with Crippen molar-refractivity contribution in [1.29, 1.82) is 0 Å². The van der Waals surface area contributed by atoms with Gasteiger partial charge in [0.1, 0.15) is 11.5 Å². The van der Waals surface area contributed by atoms with Crippen molar-refractivity contribution >= 4 is 11.8 Å². The van der Waals surface area contributed by atoms with Gasteiger partial charge in [0, 0.05) is 18.7 Å². The van der Waals surface area contributed by atoms with Crippen LogP contribution in [0.3, 0.4) is 0 Å². The van der Waals surface area contributed by atoms with Gasteiger partial charge in [-0.05, 0) is 51.0 Å². The molecule has 2 aliphatic heterocycles. The first kappa shape index (κ1) is 20.4. The zero-order valence-electron chi connectivity index (χ0n) is 18.2. The number of hydrogen-bond acceptors (Lipinski definition) is 3. The molecule has 6 nitrogen and oxygen atoms in total. The summed E-state index contributed by atoms with van der Waals surface area (Å²) in [4.78, 5) is 30.2. The van der Waals surface area contributed by atoms with E-state index in [1.165, 1.54) is 12.1 Å². The number of carbonyl (C=O) groups is 2. The maximum atomic E-state index is 14.2. The molecule has 3 aromatic rings. The van der Waals surface area contributed by atoms with Crippen molar-refractivity contribution in [3.8, 4) is 5.69 Å². The van der Waals surface area contributed by atoms with Gasteiger partial charge in [-0.3, -0.25) is 9.59 Å². The number of halogens is 1. The van der Waals surface area contributed by atoms with Gasteiger partial charge in [-0.1, -0.05) is 30.3 Å². The highest BCUT2D eigenvalue weighted by Crippen LogP contribution is 2.39. The highest BCUT2D eigenvalue weighted by Gasteiger charge is 2.44. The fourth-order valence-electron chi connectivity index (χ4n) is 5.09. The Morgan fingerprint density at radius 1 is 1.09 bits per heavy atom. The zero-order chi connectivity index (χ0) is 22.4. The number of aromatic nitrogens is 2. The van der Waals surface area contributed by atoms with E-state index in [4.69, 9.17) is 0 Å². The molecule has 5 rings (SSSR count). The first-order valence-corrected chi connectivity index (χ1v) is 11.0. The van der Waals surface area contributed by atoms with Crippen molar-refractivity contribution in [2.24, 2.45) is 0 Å². The lowest BCUT2D eigenvalue weighted by Gasteiger charge is -2.39. The topological polar surface area (TPSA) is 58.4 Å². The minimum Gasteiger partial charge on any atom is -0.336 e. The van der Waals surface area contributed by atoms with Crippen molar-refractivity contribution in [3.05, 3.63) is 82.9 Å². The van der Waals surface area contributed by atoms with Gasteiger partial charge < -0.3 is 9.80 Å². The van der Waals surface area contributed by atoms with Crippen LogP contribution in [0.15, 0.2) is 54.6 Å². The Kier molecular flexibility index (Phi) is 5.04. The lowest BCUT2D eigenvalue weighted by atomic mass is 10.0. The van der Waals surface area contributed by atoms with Crippen LogP contribution in [0.25, 0.3) is 5.69 Å². The largest absolute Gasteiger partial charge is 0.336 e.